The molecule has 0 aliphatic heterocycles. The second-order valence-corrected chi connectivity index (χ2v) is 7.27. The third-order valence-corrected chi connectivity index (χ3v) is 4.76. The van der Waals surface area contributed by atoms with Crippen LogP contribution < -0.4 is 10.9 Å². The van der Waals surface area contributed by atoms with Crippen LogP contribution in [0.1, 0.15) is 50.4 Å². The number of carbonyl (C=O) groups is 1. The van der Waals surface area contributed by atoms with E-state index < -0.39 is 0 Å². The van der Waals surface area contributed by atoms with Crippen molar-refractivity contribution in [3.8, 4) is 11.4 Å². The summed E-state index contributed by atoms with van der Waals surface area (Å²) in [5, 5.41) is 6.78. The second kappa shape index (κ2) is 8.86. The van der Waals surface area contributed by atoms with Gasteiger partial charge in [-0.2, -0.15) is 4.98 Å². The number of aromatic nitrogens is 3. The summed E-state index contributed by atoms with van der Waals surface area (Å²) in [6.07, 6.45) is 1.47. The Bertz CT molecular complexity index is 1050. The van der Waals surface area contributed by atoms with Crippen LogP contribution in [0.5, 0.6) is 0 Å². The fourth-order valence-electron chi connectivity index (χ4n) is 3.19. The van der Waals surface area contributed by atoms with Gasteiger partial charge in [0.1, 0.15) is 0 Å². The standard InChI is InChI=1S/C22H26N4O3/c1-5-16-7-9-17(10-8-16)23-19(27)12-13-20-24-21(25-29-20)18-11-6-15(4)26(14(2)3)22(18)28/h6-11,14H,5,12-13H2,1-4H3,(H,23,27). The fraction of sp³-hybridized carbons (Fsp3) is 0.364. The van der Waals surface area contributed by atoms with Crippen molar-refractivity contribution in [3.05, 3.63) is 63.9 Å². The van der Waals surface area contributed by atoms with Gasteiger partial charge in [-0.25, -0.2) is 0 Å². The highest BCUT2D eigenvalue weighted by atomic mass is 16.5. The molecular formula is C22H26N4O3. The Kier molecular flexibility index (Phi) is 6.26. The van der Waals surface area contributed by atoms with E-state index in [-0.39, 0.29) is 29.8 Å². The molecule has 2 aromatic heterocycles. The number of nitrogens with zero attached hydrogens (tertiary/aromatic N) is 3. The highest BCUT2D eigenvalue weighted by Crippen LogP contribution is 2.16. The first kappa shape index (κ1) is 20.5. The van der Waals surface area contributed by atoms with Crippen molar-refractivity contribution in [2.45, 2.75) is 53.0 Å². The molecule has 3 rings (SSSR count). The molecule has 0 aliphatic rings. The van der Waals surface area contributed by atoms with E-state index in [1.807, 2.05) is 51.1 Å². The summed E-state index contributed by atoms with van der Waals surface area (Å²) in [6.45, 7) is 7.88. The molecule has 29 heavy (non-hydrogen) atoms. The number of hydrogen-bond donors (Lipinski definition) is 1. The molecule has 0 bridgehead atoms. The third-order valence-electron chi connectivity index (χ3n) is 4.76. The van der Waals surface area contributed by atoms with Crippen LogP contribution in [-0.4, -0.2) is 20.6 Å². The van der Waals surface area contributed by atoms with Crippen LogP contribution in [0.3, 0.4) is 0 Å². The highest BCUT2D eigenvalue weighted by Gasteiger charge is 2.16. The van der Waals surface area contributed by atoms with E-state index in [4.69, 9.17) is 4.52 Å². The average molecular weight is 394 g/mol. The number of anilines is 1. The van der Waals surface area contributed by atoms with Gasteiger partial charge in [-0.05, 0) is 57.0 Å². The first-order valence-corrected chi connectivity index (χ1v) is 9.83. The number of amides is 1. The van der Waals surface area contributed by atoms with E-state index in [1.54, 1.807) is 10.6 Å². The van der Waals surface area contributed by atoms with Crippen LogP contribution >= 0.6 is 0 Å². The molecule has 7 nitrogen and oxygen atoms in total. The minimum absolute atomic E-state index is 0.0314. The lowest BCUT2D eigenvalue weighted by Crippen LogP contribution is -2.25. The molecule has 1 amide bonds. The molecule has 0 saturated carbocycles. The van der Waals surface area contributed by atoms with Crippen molar-refractivity contribution >= 4 is 11.6 Å². The molecule has 1 N–H and O–H groups in total. The molecule has 3 aromatic rings. The molecule has 1 aromatic carbocycles. The van der Waals surface area contributed by atoms with Crippen molar-refractivity contribution in [1.82, 2.24) is 14.7 Å². The van der Waals surface area contributed by atoms with Crippen LogP contribution in [0.25, 0.3) is 11.4 Å². The summed E-state index contributed by atoms with van der Waals surface area (Å²) in [5.41, 5.74) is 3.09. The molecule has 0 aliphatic carbocycles. The van der Waals surface area contributed by atoms with Gasteiger partial charge in [-0.1, -0.05) is 24.2 Å². The van der Waals surface area contributed by atoms with Crippen LogP contribution in [0.4, 0.5) is 5.69 Å². The Balaban J connectivity index is 1.65. The molecule has 0 atom stereocenters. The Morgan fingerprint density at radius 1 is 1.17 bits per heavy atom. The van der Waals surface area contributed by atoms with E-state index >= 15 is 0 Å². The summed E-state index contributed by atoms with van der Waals surface area (Å²) in [4.78, 5) is 29.2. The normalized spacial score (nSPS) is 11.1. The predicted molar refractivity (Wildman–Crippen MR) is 112 cm³/mol. The summed E-state index contributed by atoms with van der Waals surface area (Å²) < 4.78 is 6.94. The number of nitrogens with one attached hydrogen (secondary N) is 1. The van der Waals surface area contributed by atoms with Crippen molar-refractivity contribution in [2.75, 3.05) is 5.32 Å². The number of aryl methyl sites for hydroxylation is 3. The van der Waals surface area contributed by atoms with Gasteiger partial charge < -0.3 is 14.4 Å². The average Bonchev–Trinajstić information content (AvgIpc) is 3.15. The van der Waals surface area contributed by atoms with Crippen molar-refractivity contribution in [1.29, 1.82) is 0 Å². The van der Waals surface area contributed by atoms with Gasteiger partial charge in [0.15, 0.2) is 0 Å². The topological polar surface area (TPSA) is 90.0 Å². The van der Waals surface area contributed by atoms with E-state index in [2.05, 4.69) is 22.4 Å². The number of hydrogen-bond acceptors (Lipinski definition) is 5. The van der Waals surface area contributed by atoms with Gasteiger partial charge in [0.05, 0.1) is 5.56 Å². The van der Waals surface area contributed by atoms with E-state index in [1.165, 1.54) is 5.56 Å². The van der Waals surface area contributed by atoms with Gasteiger partial charge >= 0.3 is 0 Å². The maximum atomic E-state index is 12.7. The van der Waals surface area contributed by atoms with Gasteiger partial charge in [0.2, 0.25) is 17.6 Å². The van der Waals surface area contributed by atoms with Crippen LogP contribution in [-0.2, 0) is 17.6 Å². The zero-order valence-corrected chi connectivity index (χ0v) is 17.2. The van der Waals surface area contributed by atoms with Gasteiger partial charge in [0.25, 0.3) is 5.56 Å². The van der Waals surface area contributed by atoms with Gasteiger partial charge in [-0.15, -0.1) is 0 Å². The molecule has 0 saturated heterocycles. The van der Waals surface area contributed by atoms with E-state index in [0.29, 0.717) is 17.9 Å². The van der Waals surface area contributed by atoms with Crippen LogP contribution in [0, 0.1) is 6.92 Å². The minimum atomic E-state index is -0.152. The summed E-state index contributed by atoms with van der Waals surface area (Å²) in [5.74, 6) is 0.439. The zero-order valence-electron chi connectivity index (χ0n) is 17.2. The Labute approximate surface area is 169 Å². The second-order valence-electron chi connectivity index (χ2n) is 7.27. The Morgan fingerprint density at radius 2 is 1.90 bits per heavy atom. The lowest BCUT2D eigenvalue weighted by molar-refractivity contribution is -0.116. The zero-order chi connectivity index (χ0) is 21.0. The van der Waals surface area contributed by atoms with Crippen molar-refractivity contribution in [2.24, 2.45) is 0 Å². The summed E-state index contributed by atoms with van der Waals surface area (Å²) in [6, 6.07) is 11.4. The Morgan fingerprint density at radius 3 is 2.55 bits per heavy atom. The van der Waals surface area contributed by atoms with Crippen molar-refractivity contribution < 1.29 is 9.32 Å². The summed E-state index contributed by atoms with van der Waals surface area (Å²) in [7, 11) is 0. The molecule has 7 heteroatoms. The number of pyridine rings is 1. The molecule has 0 fully saturated rings. The molecular weight excluding hydrogens is 368 g/mol. The van der Waals surface area contributed by atoms with Crippen LogP contribution in [0.15, 0.2) is 45.7 Å². The molecule has 0 unspecified atom stereocenters. The maximum Gasteiger partial charge on any atom is 0.262 e. The SMILES string of the molecule is CCc1ccc(NC(=O)CCc2nc(-c3ccc(C)n(C(C)C)c3=O)no2)cc1. The lowest BCUT2D eigenvalue weighted by atomic mass is 10.1. The first-order chi connectivity index (χ1) is 13.9. The molecule has 0 radical (unpaired) electrons. The Hall–Kier alpha value is -3.22. The highest BCUT2D eigenvalue weighted by molar-refractivity contribution is 5.90. The molecule has 2 heterocycles. The maximum absolute atomic E-state index is 12.7. The van der Waals surface area contributed by atoms with Gasteiger partial charge in [-0.3, -0.25) is 9.59 Å². The number of benzene rings is 1. The van der Waals surface area contributed by atoms with Crippen molar-refractivity contribution in [3.63, 3.8) is 0 Å². The van der Waals surface area contributed by atoms with E-state index in [0.717, 1.165) is 17.8 Å². The fourth-order valence-corrected chi connectivity index (χ4v) is 3.19. The quantitative estimate of drug-likeness (QED) is 0.656. The number of carbonyl (C=O) groups excluding carboxylic acids is 1. The lowest BCUT2D eigenvalue weighted by Gasteiger charge is -2.14. The smallest absolute Gasteiger partial charge is 0.262 e. The van der Waals surface area contributed by atoms with E-state index in [9.17, 15) is 9.59 Å². The monoisotopic (exact) mass is 394 g/mol. The minimum Gasteiger partial charge on any atom is -0.339 e. The van der Waals surface area contributed by atoms with Gasteiger partial charge in [0, 0.05) is 30.3 Å². The molecule has 0 spiro atoms. The predicted octanol–water partition coefficient (Wildman–Crippen LogP) is 3.92. The van der Waals surface area contributed by atoms with Crippen LogP contribution in [0.2, 0.25) is 0 Å². The molecule has 152 valence electrons. The third kappa shape index (κ3) is 4.80. The largest absolute Gasteiger partial charge is 0.339 e. The summed E-state index contributed by atoms with van der Waals surface area (Å²) >= 11 is 0. The number of rotatable bonds is 7. The first-order valence-electron chi connectivity index (χ1n) is 9.83.